The second kappa shape index (κ2) is 4.06. The fourth-order valence-corrected chi connectivity index (χ4v) is 1.81. The van der Waals surface area contributed by atoms with Gasteiger partial charge in [-0.2, -0.15) is 0 Å². The van der Waals surface area contributed by atoms with Crippen molar-refractivity contribution in [3.63, 3.8) is 0 Å². The van der Waals surface area contributed by atoms with Crippen molar-refractivity contribution in [1.82, 2.24) is 24.7 Å². The van der Waals surface area contributed by atoms with Gasteiger partial charge in [-0.25, -0.2) is 14.6 Å². The minimum Gasteiger partial charge on any atom is -0.322 e. The molecule has 0 aliphatic carbocycles. The van der Waals surface area contributed by atoms with Gasteiger partial charge in [-0.05, 0) is 12.1 Å². The normalized spacial score (nSPS) is 10.9. The molecule has 18 heavy (non-hydrogen) atoms. The van der Waals surface area contributed by atoms with Gasteiger partial charge in [0.05, 0.1) is 5.52 Å². The van der Waals surface area contributed by atoms with E-state index in [0.717, 1.165) is 23.1 Å². The minimum atomic E-state index is -0.132. The summed E-state index contributed by atoms with van der Waals surface area (Å²) in [6.45, 7) is 1.99. The molecule has 3 rings (SSSR count). The summed E-state index contributed by atoms with van der Waals surface area (Å²) in [5.41, 5.74) is 0.605. The van der Waals surface area contributed by atoms with Crippen molar-refractivity contribution in [3.05, 3.63) is 46.9 Å². The lowest BCUT2D eigenvalue weighted by Gasteiger charge is -2.03. The van der Waals surface area contributed by atoms with Gasteiger partial charge in [0.15, 0.2) is 11.6 Å². The summed E-state index contributed by atoms with van der Waals surface area (Å²) in [6.07, 6.45) is 4.04. The molecule has 6 heteroatoms. The molecule has 6 nitrogen and oxygen atoms in total. The maximum Gasteiger partial charge on any atom is 0.248 e. The Bertz CT molecular complexity index is 758. The number of nitrogens with one attached hydrogen (secondary N) is 1. The molecule has 3 aromatic heterocycles. The Hall–Kier alpha value is -2.50. The van der Waals surface area contributed by atoms with Crippen LogP contribution in [0.4, 0.5) is 0 Å². The summed E-state index contributed by atoms with van der Waals surface area (Å²) in [6, 6.07) is 4.98. The highest BCUT2D eigenvalue weighted by Gasteiger charge is 2.07. The molecule has 0 aromatic carbocycles. The van der Waals surface area contributed by atoms with E-state index in [1.807, 2.05) is 6.92 Å². The molecule has 0 aliphatic heterocycles. The molecule has 0 bridgehead atoms. The summed E-state index contributed by atoms with van der Waals surface area (Å²) in [7, 11) is 0. The Morgan fingerprint density at radius 2 is 2.17 bits per heavy atom. The van der Waals surface area contributed by atoms with Crippen molar-refractivity contribution in [3.8, 4) is 5.82 Å². The summed E-state index contributed by atoms with van der Waals surface area (Å²) >= 11 is 0. The smallest absolute Gasteiger partial charge is 0.248 e. The van der Waals surface area contributed by atoms with Crippen LogP contribution in [0.25, 0.3) is 16.7 Å². The van der Waals surface area contributed by atoms with Gasteiger partial charge in [0, 0.05) is 24.1 Å². The van der Waals surface area contributed by atoms with Crippen LogP contribution in [0.5, 0.6) is 0 Å². The number of aromatic nitrogens is 5. The summed E-state index contributed by atoms with van der Waals surface area (Å²) in [5.74, 6) is 1.43. The van der Waals surface area contributed by atoms with Crippen LogP contribution < -0.4 is 5.56 Å². The van der Waals surface area contributed by atoms with E-state index in [2.05, 4.69) is 20.1 Å². The first-order valence-electron chi connectivity index (χ1n) is 5.67. The molecule has 90 valence electrons. The Morgan fingerprint density at radius 1 is 1.28 bits per heavy atom. The van der Waals surface area contributed by atoms with E-state index in [1.54, 1.807) is 29.3 Å². The van der Waals surface area contributed by atoms with E-state index in [0.29, 0.717) is 5.82 Å². The average molecular weight is 241 g/mol. The number of aromatic amines is 1. The first-order chi connectivity index (χ1) is 8.78. The highest BCUT2D eigenvalue weighted by molar-refractivity contribution is 5.84. The van der Waals surface area contributed by atoms with Crippen molar-refractivity contribution < 1.29 is 0 Å². The summed E-state index contributed by atoms with van der Waals surface area (Å²) < 4.78 is 1.62. The van der Waals surface area contributed by atoms with Crippen LogP contribution in [-0.4, -0.2) is 24.7 Å². The third-order valence-electron chi connectivity index (χ3n) is 2.70. The molecule has 0 amide bonds. The molecule has 0 atom stereocenters. The molecule has 0 radical (unpaired) electrons. The number of hydrogen-bond acceptors (Lipinski definition) is 4. The zero-order chi connectivity index (χ0) is 12.5. The molecular weight excluding hydrogens is 230 g/mol. The summed E-state index contributed by atoms with van der Waals surface area (Å²) in [4.78, 5) is 22.5. The molecule has 0 saturated heterocycles. The second-order valence-electron chi connectivity index (χ2n) is 3.88. The standard InChI is InChI=1S/C12H11N5O/c1-2-10-14-7-17(16-10)12-8-3-4-11(18)15-9(8)5-6-13-12/h3-7H,2H2,1H3,(H,15,18). The Morgan fingerprint density at radius 3 is 2.94 bits per heavy atom. The molecule has 0 unspecified atom stereocenters. The van der Waals surface area contributed by atoms with E-state index >= 15 is 0 Å². The Kier molecular flexibility index (Phi) is 2.40. The third-order valence-corrected chi connectivity index (χ3v) is 2.70. The molecule has 0 saturated carbocycles. The van der Waals surface area contributed by atoms with E-state index < -0.39 is 0 Å². The van der Waals surface area contributed by atoms with Gasteiger partial charge < -0.3 is 4.98 Å². The Balaban J connectivity index is 2.25. The van der Waals surface area contributed by atoms with Crippen LogP contribution in [0.3, 0.4) is 0 Å². The lowest BCUT2D eigenvalue weighted by atomic mass is 10.2. The van der Waals surface area contributed by atoms with Gasteiger partial charge >= 0.3 is 0 Å². The number of hydrogen-bond donors (Lipinski definition) is 1. The first-order valence-corrected chi connectivity index (χ1v) is 5.67. The quantitative estimate of drug-likeness (QED) is 0.728. The molecule has 0 aliphatic rings. The van der Waals surface area contributed by atoms with Gasteiger partial charge in [-0.1, -0.05) is 6.92 Å². The van der Waals surface area contributed by atoms with Crippen LogP contribution in [0, 0.1) is 0 Å². The fourth-order valence-electron chi connectivity index (χ4n) is 1.81. The van der Waals surface area contributed by atoms with E-state index in [1.165, 1.54) is 6.07 Å². The van der Waals surface area contributed by atoms with Crippen LogP contribution >= 0.6 is 0 Å². The summed E-state index contributed by atoms with van der Waals surface area (Å²) in [5, 5.41) is 5.16. The van der Waals surface area contributed by atoms with Gasteiger partial charge in [0.2, 0.25) is 5.56 Å². The first kappa shape index (κ1) is 10.6. The zero-order valence-corrected chi connectivity index (χ0v) is 9.79. The van der Waals surface area contributed by atoms with Gasteiger partial charge in [-0.15, -0.1) is 5.10 Å². The minimum absolute atomic E-state index is 0.132. The largest absolute Gasteiger partial charge is 0.322 e. The van der Waals surface area contributed by atoms with E-state index in [9.17, 15) is 4.79 Å². The average Bonchev–Trinajstić information content (AvgIpc) is 2.86. The molecular formula is C12H11N5O. The zero-order valence-electron chi connectivity index (χ0n) is 9.79. The lowest BCUT2D eigenvalue weighted by molar-refractivity contribution is 0.822. The monoisotopic (exact) mass is 241 g/mol. The van der Waals surface area contributed by atoms with Crippen LogP contribution in [0.1, 0.15) is 12.7 Å². The maximum atomic E-state index is 11.3. The van der Waals surface area contributed by atoms with Gasteiger partial charge in [0.25, 0.3) is 0 Å². The van der Waals surface area contributed by atoms with Crippen molar-refractivity contribution in [2.24, 2.45) is 0 Å². The molecule has 1 N–H and O–H groups in total. The van der Waals surface area contributed by atoms with Crippen molar-refractivity contribution in [2.45, 2.75) is 13.3 Å². The van der Waals surface area contributed by atoms with Crippen molar-refractivity contribution >= 4 is 10.9 Å². The topological polar surface area (TPSA) is 76.5 Å². The van der Waals surface area contributed by atoms with E-state index in [4.69, 9.17) is 0 Å². The number of H-pyrrole nitrogens is 1. The number of rotatable bonds is 2. The Labute approximate surface area is 102 Å². The van der Waals surface area contributed by atoms with Crippen LogP contribution in [0.2, 0.25) is 0 Å². The maximum absolute atomic E-state index is 11.3. The van der Waals surface area contributed by atoms with Crippen molar-refractivity contribution in [2.75, 3.05) is 0 Å². The van der Waals surface area contributed by atoms with Crippen LogP contribution in [0.15, 0.2) is 35.5 Å². The number of pyridine rings is 2. The highest BCUT2D eigenvalue weighted by atomic mass is 16.1. The van der Waals surface area contributed by atoms with Gasteiger partial charge in [0.1, 0.15) is 6.33 Å². The molecule has 0 fully saturated rings. The molecule has 3 aromatic rings. The number of fused-ring (bicyclic) bond motifs is 1. The second-order valence-corrected chi connectivity index (χ2v) is 3.88. The van der Waals surface area contributed by atoms with E-state index in [-0.39, 0.29) is 5.56 Å². The predicted octanol–water partition coefficient (Wildman–Crippen LogP) is 1.07. The lowest BCUT2D eigenvalue weighted by Crippen LogP contribution is -2.06. The number of nitrogens with zero attached hydrogens (tertiary/aromatic N) is 4. The van der Waals surface area contributed by atoms with Gasteiger partial charge in [-0.3, -0.25) is 4.79 Å². The van der Waals surface area contributed by atoms with Crippen LogP contribution in [-0.2, 0) is 6.42 Å². The number of aryl methyl sites for hydroxylation is 1. The van der Waals surface area contributed by atoms with Crippen molar-refractivity contribution in [1.29, 1.82) is 0 Å². The third kappa shape index (κ3) is 1.67. The molecule has 0 spiro atoms. The SMILES string of the molecule is CCc1ncn(-c2nccc3[nH]c(=O)ccc23)n1. The predicted molar refractivity (Wildman–Crippen MR) is 66.7 cm³/mol. The fraction of sp³-hybridized carbons (Fsp3) is 0.167. The highest BCUT2D eigenvalue weighted by Crippen LogP contribution is 2.15. The molecule has 3 heterocycles.